The molecule has 0 aliphatic carbocycles. The monoisotopic (exact) mass is 246 g/mol. The predicted molar refractivity (Wildman–Crippen MR) is 65.2 cm³/mol. The van der Waals surface area contributed by atoms with Gasteiger partial charge in [-0.2, -0.15) is 4.98 Å². The van der Waals surface area contributed by atoms with Gasteiger partial charge in [0.15, 0.2) is 11.5 Å². The summed E-state index contributed by atoms with van der Waals surface area (Å²) in [5, 5.41) is 16.9. The number of fused-ring (bicyclic) bond motifs is 1. The van der Waals surface area contributed by atoms with Gasteiger partial charge in [0.1, 0.15) is 6.04 Å². The molecule has 0 saturated carbocycles. The van der Waals surface area contributed by atoms with E-state index in [0.717, 1.165) is 6.42 Å². The van der Waals surface area contributed by atoms with Crippen molar-refractivity contribution in [2.45, 2.75) is 32.5 Å². The Balaban J connectivity index is 2.05. The summed E-state index contributed by atoms with van der Waals surface area (Å²) >= 11 is 0. The Morgan fingerprint density at radius 2 is 2.33 bits per heavy atom. The van der Waals surface area contributed by atoms with E-state index in [1.807, 2.05) is 19.1 Å². The fourth-order valence-corrected chi connectivity index (χ4v) is 2.47. The maximum atomic E-state index is 13.2. The molecule has 1 aromatic heterocycles. The summed E-state index contributed by atoms with van der Waals surface area (Å²) in [5.74, 6) is 0.806. The Morgan fingerprint density at radius 1 is 1.50 bits per heavy atom. The van der Waals surface area contributed by atoms with Crippen LogP contribution >= 0.6 is 0 Å². The lowest BCUT2D eigenvalue weighted by molar-refractivity contribution is -0.885. The third kappa shape index (κ3) is 1.39. The molecule has 0 aromatic carbocycles. The third-order valence-corrected chi connectivity index (χ3v) is 3.39. The van der Waals surface area contributed by atoms with Crippen molar-refractivity contribution in [3.8, 4) is 0 Å². The summed E-state index contributed by atoms with van der Waals surface area (Å²) in [6.07, 6.45) is 7.30. The van der Waals surface area contributed by atoms with Gasteiger partial charge in [0.25, 0.3) is 6.17 Å². The molecule has 0 saturated heterocycles. The minimum absolute atomic E-state index is 0.162. The molecule has 1 aromatic rings. The summed E-state index contributed by atoms with van der Waals surface area (Å²) < 4.78 is 4.57. The van der Waals surface area contributed by atoms with Crippen LogP contribution < -0.4 is 0 Å². The Morgan fingerprint density at radius 3 is 3.00 bits per heavy atom. The first-order valence-electron chi connectivity index (χ1n) is 5.98. The molecule has 6 nitrogen and oxygen atoms in total. The number of aromatic nitrogens is 2. The lowest BCUT2D eigenvalue weighted by atomic mass is 10.1. The van der Waals surface area contributed by atoms with Crippen molar-refractivity contribution in [3.63, 3.8) is 0 Å². The van der Waals surface area contributed by atoms with Gasteiger partial charge in [-0.15, -0.1) is 0 Å². The molecule has 18 heavy (non-hydrogen) atoms. The average Bonchev–Trinajstić information content (AvgIpc) is 2.91. The van der Waals surface area contributed by atoms with Gasteiger partial charge < -0.3 is 9.73 Å². The zero-order chi connectivity index (χ0) is 12.8. The molecule has 3 unspecified atom stereocenters. The number of aliphatic imine (C=N–C) groups is 1. The highest BCUT2D eigenvalue weighted by Gasteiger charge is 2.46. The van der Waals surface area contributed by atoms with Gasteiger partial charge in [-0.1, -0.05) is 18.2 Å². The fourth-order valence-electron chi connectivity index (χ4n) is 2.47. The Kier molecular flexibility index (Phi) is 2.42. The molecule has 3 atom stereocenters. The van der Waals surface area contributed by atoms with Crippen LogP contribution in [0.15, 0.2) is 33.4 Å². The van der Waals surface area contributed by atoms with Crippen LogP contribution in [0.1, 0.15) is 31.2 Å². The second kappa shape index (κ2) is 3.86. The minimum atomic E-state index is -0.674. The quantitative estimate of drug-likeness (QED) is 0.591. The molecule has 3 heterocycles. The fraction of sp³-hybridized carbons (Fsp3) is 0.417. The molecular formula is C12H14N4O2. The summed E-state index contributed by atoms with van der Waals surface area (Å²) in [5.41, 5.74) is 0.644. The number of hydroxylamine groups is 3. The van der Waals surface area contributed by atoms with Crippen LogP contribution in [-0.2, 0) is 0 Å². The number of hydrogen-bond donors (Lipinski definition) is 0. The molecule has 0 fully saturated rings. The number of allylic oxidation sites excluding steroid dienone is 3. The van der Waals surface area contributed by atoms with Crippen LogP contribution in [-0.4, -0.2) is 27.0 Å². The Hall–Kier alpha value is -1.79. The molecule has 6 heteroatoms. The van der Waals surface area contributed by atoms with Crippen LogP contribution in [0.2, 0.25) is 0 Å². The molecular weight excluding hydrogens is 232 g/mol. The maximum absolute atomic E-state index is 13.2. The predicted octanol–water partition coefficient (Wildman–Crippen LogP) is 2.01. The van der Waals surface area contributed by atoms with Crippen molar-refractivity contribution in [2.24, 2.45) is 4.99 Å². The first-order valence-corrected chi connectivity index (χ1v) is 5.98. The van der Waals surface area contributed by atoms with Crippen molar-refractivity contribution >= 4 is 6.21 Å². The summed E-state index contributed by atoms with van der Waals surface area (Å²) in [6, 6.07) is -0.162. The number of nitrogens with zero attached hydrogens (tertiary/aromatic N) is 4. The van der Waals surface area contributed by atoms with E-state index in [-0.39, 0.29) is 11.9 Å². The lowest BCUT2D eigenvalue weighted by Crippen LogP contribution is -2.49. The van der Waals surface area contributed by atoms with E-state index >= 15 is 0 Å². The van der Waals surface area contributed by atoms with Crippen molar-refractivity contribution < 1.29 is 9.17 Å². The van der Waals surface area contributed by atoms with Gasteiger partial charge in [-0.25, -0.2) is 4.99 Å². The second-order valence-electron chi connectivity index (χ2n) is 4.49. The van der Waals surface area contributed by atoms with Crippen LogP contribution in [0.5, 0.6) is 0 Å². The molecule has 0 bridgehead atoms. The van der Waals surface area contributed by atoms with Gasteiger partial charge >= 0.3 is 5.89 Å². The molecule has 0 N–H and O–H groups in total. The molecule has 2 aliphatic rings. The van der Waals surface area contributed by atoms with Crippen LogP contribution in [0, 0.1) is 12.1 Å². The van der Waals surface area contributed by atoms with E-state index in [1.54, 1.807) is 19.2 Å². The molecule has 94 valence electrons. The van der Waals surface area contributed by atoms with E-state index in [0.29, 0.717) is 11.5 Å². The highest BCUT2D eigenvalue weighted by molar-refractivity contribution is 5.78. The number of aryl methyl sites for hydroxylation is 1. The van der Waals surface area contributed by atoms with Crippen LogP contribution in [0.4, 0.5) is 0 Å². The van der Waals surface area contributed by atoms with Crippen molar-refractivity contribution in [3.05, 3.63) is 40.8 Å². The largest absolute Gasteiger partial charge is 0.625 e. The lowest BCUT2D eigenvalue weighted by Gasteiger charge is -2.47. The first-order chi connectivity index (χ1) is 8.66. The number of quaternary nitrogens is 1. The molecule has 3 rings (SSSR count). The van der Waals surface area contributed by atoms with E-state index in [2.05, 4.69) is 15.1 Å². The van der Waals surface area contributed by atoms with Crippen LogP contribution in [0.3, 0.4) is 0 Å². The molecule has 0 amide bonds. The van der Waals surface area contributed by atoms with Gasteiger partial charge in [-0.05, 0) is 13.0 Å². The van der Waals surface area contributed by atoms with E-state index in [4.69, 9.17) is 4.52 Å². The summed E-state index contributed by atoms with van der Waals surface area (Å²) in [4.78, 5) is 8.40. The summed E-state index contributed by atoms with van der Waals surface area (Å²) in [6.45, 7) is 3.72. The summed E-state index contributed by atoms with van der Waals surface area (Å²) in [7, 11) is 0. The Bertz CT molecular complexity index is 560. The third-order valence-electron chi connectivity index (χ3n) is 3.39. The number of rotatable bonds is 2. The normalized spacial score (nSPS) is 33.6. The number of hydrogen-bond acceptors (Lipinski definition) is 5. The smallest absolute Gasteiger partial charge is 0.309 e. The zero-order valence-electron chi connectivity index (χ0n) is 10.3. The van der Waals surface area contributed by atoms with Gasteiger partial charge in [0.05, 0.1) is 6.21 Å². The van der Waals surface area contributed by atoms with Crippen molar-refractivity contribution in [1.29, 1.82) is 0 Å². The molecule has 0 radical (unpaired) electrons. The Labute approximate surface area is 104 Å². The van der Waals surface area contributed by atoms with Gasteiger partial charge in [-0.3, -0.25) is 4.65 Å². The second-order valence-corrected chi connectivity index (χ2v) is 4.49. The molecule has 0 spiro atoms. The first kappa shape index (κ1) is 11.3. The van der Waals surface area contributed by atoms with Crippen LogP contribution in [0.25, 0.3) is 0 Å². The van der Waals surface area contributed by atoms with Crippen molar-refractivity contribution in [2.75, 3.05) is 0 Å². The van der Waals surface area contributed by atoms with E-state index in [1.165, 1.54) is 0 Å². The highest BCUT2D eigenvalue weighted by atomic mass is 16.6. The highest BCUT2D eigenvalue weighted by Crippen LogP contribution is 2.42. The van der Waals surface area contributed by atoms with E-state index in [9.17, 15) is 5.21 Å². The minimum Gasteiger partial charge on any atom is -0.625 e. The average molecular weight is 246 g/mol. The zero-order valence-corrected chi connectivity index (χ0v) is 10.3. The molecule has 2 aliphatic heterocycles. The van der Waals surface area contributed by atoms with Gasteiger partial charge in [0.2, 0.25) is 0 Å². The maximum Gasteiger partial charge on any atom is 0.309 e. The standard InChI is InChI=1S/C12H14N4O2/c1-3-9-5-4-6-10-7-13-11(16(9,10)17)12-14-8(2)15-18-12/h4-7,9,11H,3H2,1-2H3. The van der Waals surface area contributed by atoms with E-state index < -0.39 is 10.8 Å². The topological polar surface area (TPSA) is 74.3 Å². The van der Waals surface area contributed by atoms with Gasteiger partial charge in [0, 0.05) is 12.5 Å². The van der Waals surface area contributed by atoms with Crippen molar-refractivity contribution in [1.82, 2.24) is 10.1 Å². The SMILES string of the molecule is CCC1C=CC=C2C=NC(c3nc(C)no3)[N+]21[O-].